The van der Waals surface area contributed by atoms with Gasteiger partial charge in [0.05, 0.1) is 0 Å². The van der Waals surface area contributed by atoms with E-state index in [1.165, 1.54) is 4.90 Å². The van der Waals surface area contributed by atoms with E-state index in [-0.39, 0.29) is 30.3 Å². The topological polar surface area (TPSA) is 63.4 Å². The number of hydrogen-bond donors (Lipinski definition) is 1. The fraction of sp³-hybridized carbons (Fsp3) is 0.385. The van der Waals surface area contributed by atoms with Crippen molar-refractivity contribution < 1.29 is 9.59 Å². The molecule has 1 unspecified atom stereocenters. The molecule has 0 spiro atoms. The number of amides is 2. The Morgan fingerprint density at radius 2 is 1.67 bits per heavy atom. The van der Waals surface area contributed by atoms with Crippen LogP contribution in [0.3, 0.4) is 0 Å². The summed E-state index contributed by atoms with van der Waals surface area (Å²) < 4.78 is 0. The Morgan fingerprint density at radius 3 is 2.22 bits per heavy atom. The Labute approximate surface area is 113 Å². The number of likely N-dealkylation sites (tertiary alicyclic amines) is 1. The minimum Gasteiger partial charge on any atom is -0.326 e. The third-order valence-electron chi connectivity index (χ3n) is 2.91. The van der Waals surface area contributed by atoms with E-state index in [9.17, 15) is 9.59 Å². The Balaban J connectivity index is 0.00000162. The van der Waals surface area contributed by atoms with Crippen LogP contribution in [0.4, 0.5) is 0 Å². The van der Waals surface area contributed by atoms with Crippen molar-refractivity contribution in [3.05, 3.63) is 35.9 Å². The zero-order chi connectivity index (χ0) is 12.3. The number of nitrogens with zero attached hydrogens (tertiary/aromatic N) is 1. The second kappa shape index (κ2) is 6.52. The normalized spacial score (nSPS) is 16.6. The summed E-state index contributed by atoms with van der Waals surface area (Å²) >= 11 is 0. The SMILES string of the molecule is Cl.NC(Cc1ccccc1)CN1C(=O)CCC1=O. The maximum absolute atomic E-state index is 11.4. The van der Waals surface area contributed by atoms with Gasteiger partial charge >= 0.3 is 0 Å². The van der Waals surface area contributed by atoms with E-state index < -0.39 is 0 Å². The number of rotatable bonds is 4. The highest BCUT2D eigenvalue weighted by atomic mass is 35.5. The van der Waals surface area contributed by atoms with Crippen molar-refractivity contribution in [3.8, 4) is 0 Å². The molecular weight excluding hydrogens is 252 g/mol. The third kappa shape index (κ3) is 3.55. The second-order valence-corrected chi connectivity index (χ2v) is 4.35. The molecule has 1 fully saturated rings. The van der Waals surface area contributed by atoms with Crippen molar-refractivity contribution in [1.82, 2.24) is 4.90 Å². The van der Waals surface area contributed by atoms with E-state index in [4.69, 9.17) is 5.73 Å². The van der Waals surface area contributed by atoms with E-state index >= 15 is 0 Å². The lowest BCUT2D eigenvalue weighted by molar-refractivity contribution is -0.138. The Hall–Kier alpha value is -1.39. The molecule has 1 aliphatic rings. The highest BCUT2D eigenvalue weighted by Crippen LogP contribution is 2.12. The summed E-state index contributed by atoms with van der Waals surface area (Å²) in [4.78, 5) is 24.1. The monoisotopic (exact) mass is 268 g/mol. The summed E-state index contributed by atoms with van der Waals surface area (Å²) in [6.07, 6.45) is 1.34. The quantitative estimate of drug-likeness (QED) is 0.833. The van der Waals surface area contributed by atoms with Gasteiger partial charge in [-0.1, -0.05) is 30.3 Å². The van der Waals surface area contributed by atoms with Crippen LogP contribution in [-0.2, 0) is 16.0 Å². The number of hydrogen-bond acceptors (Lipinski definition) is 3. The van der Waals surface area contributed by atoms with Gasteiger partial charge in [-0.25, -0.2) is 0 Å². The van der Waals surface area contributed by atoms with Crippen LogP contribution in [0.25, 0.3) is 0 Å². The molecule has 1 aromatic rings. The summed E-state index contributed by atoms with van der Waals surface area (Å²) in [6.45, 7) is 0.326. The summed E-state index contributed by atoms with van der Waals surface area (Å²) in [6, 6.07) is 9.65. The average Bonchev–Trinajstić information content (AvgIpc) is 2.62. The minimum atomic E-state index is -0.191. The maximum atomic E-state index is 11.4. The molecule has 18 heavy (non-hydrogen) atoms. The van der Waals surface area contributed by atoms with Crippen LogP contribution in [0.5, 0.6) is 0 Å². The van der Waals surface area contributed by atoms with Crippen LogP contribution in [0, 0.1) is 0 Å². The van der Waals surface area contributed by atoms with Crippen molar-refractivity contribution in [2.24, 2.45) is 5.73 Å². The first-order chi connectivity index (χ1) is 8.16. The zero-order valence-electron chi connectivity index (χ0n) is 10.0. The standard InChI is InChI=1S/C13H16N2O2.ClH/c14-11(8-10-4-2-1-3-5-10)9-15-12(16)6-7-13(15)17;/h1-5,11H,6-9,14H2;1H. The van der Waals surface area contributed by atoms with Gasteiger partial charge in [0.2, 0.25) is 11.8 Å². The number of carbonyl (C=O) groups excluding carboxylic acids is 2. The van der Waals surface area contributed by atoms with Gasteiger partial charge in [0, 0.05) is 25.4 Å². The van der Waals surface area contributed by atoms with Gasteiger partial charge in [-0.15, -0.1) is 12.4 Å². The van der Waals surface area contributed by atoms with Crippen LogP contribution < -0.4 is 5.73 Å². The van der Waals surface area contributed by atoms with Gasteiger partial charge in [-0.05, 0) is 12.0 Å². The molecule has 2 N–H and O–H groups in total. The van der Waals surface area contributed by atoms with Gasteiger partial charge in [0.1, 0.15) is 0 Å². The van der Waals surface area contributed by atoms with Gasteiger partial charge in [0.25, 0.3) is 0 Å². The number of benzene rings is 1. The first-order valence-corrected chi connectivity index (χ1v) is 5.79. The largest absolute Gasteiger partial charge is 0.326 e. The van der Waals surface area contributed by atoms with Crippen LogP contribution in [0.1, 0.15) is 18.4 Å². The molecule has 0 saturated carbocycles. The van der Waals surface area contributed by atoms with E-state index in [1.807, 2.05) is 30.3 Å². The van der Waals surface area contributed by atoms with Gasteiger partial charge in [-0.2, -0.15) is 0 Å². The molecule has 0 aliphatic carbocycles. The molecule has 2 rings (SSSR count). The van der Waals surface area contributed by atoms with Crippen molar-refractivity contribution in [2.45, 2.75) is 25.3 Å². The van der Waals surface area contributed by atoms with Gasteiger partial charge < -0.3 is 5.73 Å². The number of nitrogens with two attached hydrogens (primary N) is 1. The fourth-order valence-electron chi connectivity index (χ4n) is 2.04. The fourth-order valence-corrected chi connectivity index (χ4v) is 2.04. The molecule has 2 amide bonds. The number of halogens is 1. The molecule has 0 radical (unpaired) electrons. The zero-order valence-corrected chi connectivity index (χ0v) is 10.9. The average molecular weight is 269 g/mol. The second-order valence-electron chi connectivity index (χ2n) is 4.35. The summed E-state index contributed by atoms with van der Waals surface area (Å²) in [5.41, 5.74) is 7.09. The predicted molar refractivity (Wildman–Crippen MR) is 71.3 cm³/mol. The van der Waals surface area contributed by atoms with E-state index in [1.54, 1.807) is 0 Å². The molecule has 1 saturated heterocycles. The van der Waals surface area contributed by atoms with Crippen LogP contribution in [0.15, 0.2) is 30.3 Å². The van der Waals surface area contributed by atoms with E-state index in [2.05, 4.69) is 0 Å². The molecule has 1 atom stereocenters. The highest BCUT2D eigenvalue weighted by Gasteiger charge is 2.29. The molecule has 1 aromatic carbocycles. The molecule has 0 aromatic heterocycles. The molecule has 1 aliphatic heterocycles. The first kappa shape index (κ1) is 14.7. The van der Waals surface area contributed by atoms with Crippen LogP contribution >= 0.6 is 12.4 Å². The van der Waals surface area contributed by atoms with Crippen molar-refractivity contribution in [2.75, 3.05) is 6.54 Å². The molecule has 5 heteroatoms. The molecule has 98 valence electrons. The lowest BCUT2D eigenvalue weighted by atomic mass is 10.1. The molecular formula is C13H17ClN2O2. The number of imide groups is 1. The smallest absolute Gasteiger partial charge is 0.229 e. The lowest BCUT2D eigenvalue weighted by Gasteiger charge is -2.19. The maximum Gasteiger partial charge on any atom is 0.229 e. The highest BCUT2D eigenvalue weighted by molar-refractivity contribution is 6.01. The molecule has 4 nitrogen and oxygen atoms in total. The minimum absolute atomic E-state index is 0. The summed E-state index contributed by atoms with van der Waals surface area (Å²) in [7, 11) is 0. The van der Waals surface area contributed by atoms with Crippen molar-refractivity contribution in [3.63, 3.8) is 0 Å². The van der Waals surface area contributed by atoms with Gasteiger partial charge in [-0.3, -0.25) is 14.5 Å². The summed E-state index contributed by atoms with van der Waals surface area (Å²) in [5.74, 6) is -0.197. The Bertz CT molecular complexity index is 406. The number of carbonyl (C=O) groups is 2. The van der Waals surface area contributed by atoms with E-state index in [0.29, 0.717) is 25.8 Å². The van der Waals surface area contributed by atoms with Crippen molar-refractivity contribution in [1.29, 1.82) is 0 Å². The Kier molecular flexibility index (Phi) is 5.31. The molecule has 0 bridgehead atoms. The van der Waals surface area contributed by atoms with Crippen molar-refractivity contribution >= 4 is 24.2 Å². The van der Waals surface area contributed by atoms with Gasteiger partial charge in [0.15, 0.2) is 0 Å². The first-order valence-electron chi connectivity index (χ1n) is 5.79. The van der Waals surface area contributed by atoms with E-state index in [0.717, 1.165) is 5.56 Å². The molecule has 1 heterocycles. The lowest BCUT2D eigenvalue weighted by Crippen LogP contribution is -2.41. The van der Waals surface area contributed by atoms with Crippen LogP contribution in [0.2, 0.25) is 0 Å². The summed E-state index contributed by atoms with van der Waals surface area (Å²) in [5, 5.41) is 0. The Morgan fingerprint density at radius 1 is 1.11 bits per heavy atom. The van der Waals surface area contributed by atoms with Crippen LogP contribution in [-0.4, -0.2) is 29.3 Å². The predicted octanol–water partition coefficient (Wildman–Crippen LogP) is 1.13. The third-order valence-corrected chi connectivity index (χ3v) is 2.91.